The third kappa shape index (κ3) is 3.10. The van der Waals surface area contributed by atoms with Crippen molar-refractivity contribution < 1.29 is 14.0 Å². The van der Waals surface area contributed by atoms with Crippen LogP contribution >= 0.6 is 11.6 Å². The van der Waals surface area contributed by atoms with Crippen LogP contribution in [0.25, 0.3) is 0 Å². The molecule has 3 saturated heterocycles. The summed E-state index contributed by atoms with van der Waals surface area (Å²) in [5.74, 6) is -0.337. The van der Waals surface area contributed by atoms with E-state index in [9.17, 15) is 4.79 Å². The second-order valence-corrected chi connectivity index (χ2v) is 9.60. The Balaban J connectivity index is 1.40. The van der Waals surface area contributed by atoms with Gasteiger partial charge in [-0.25, -0.2) is 4.79 Å². The van der Waals surface area contributed by atoms with Gasteiger partial charge >= 0.3 is 5.97 Å². The molecule has 0 aromatic heterocycles. The summed E-state index contributed by atoms with van der Waals surface area (Å²) < 4.78 is 7.47. The highest BCUT2D eigenvalue weighted by Crippen LogP contribution is 2.47. The van der Waals surface area contributed by atoms with E-state index in [4.69, 9.17) is 16.3 Å². The van der Waals surface area contributed by atoms with Crippen LogP contribution in [0, 0.1) is 0 Å². The molecule has 4 heteroatoms. The van der Waals surface area contributed by atoms with Gasteiger partial charge in [-0.2, -0.15) is 0 Å². The summed E-state index contributed by atoms with van der Waals surface area (Å²) >= 11 is 7.09. The molecule has 1 spiro atoms. The summed E-state index contributed by atoms with van der Waals surface area (Å²) in [6, 6.07) is 20.5. The zero-order valence-corrected chi connectivity index (χ0v) is 17.6. The lowest BCUT2D eigenvalue weighted by Gasteiger charge is -2.47. The van der Waals surface area contributed by atoms with Crippen molar-refractivity contribution in [2.24, 2.45) is 0 Å². The molecule has 3 heterocycles. The molecule has 29 heavy (non-hydrogen) atoms. The number of nitrogens with zero attached hydrogens (tertiary/aromatic N) is 1. The molecule has 0 amide bonds. The number of esters is 1. The molecule has 3 fully saturated rings. The molecule has 2 atom stereocenters. The predicted molar refractivity (Wildman–Crippen MR) is 115 cm³/mol. The van der Waals surface area contributed by atoms with Crippen molar-refractivity contribution in [2.45, 2.75) is 61.6 Å². The highest BCUT2D eigenvalue weighted by atomic mass is 35.5. The van der Waals surface area contributed by atoms with Crippen LogP contribution in [0.15, 0.2) is 60.7 Å². The van der Waals surface area contributed by atoms with Crippen molar-refractivity contribution in [3.05, 3.63) is 71.8 Å². The molecule has 5 rings (SSSR count). The smallest absolute Gasteiger partial charge is 0.336 e. The Hall–Kier alpha value is -1.84. The summed E-state index contributed by atoms with van der Waals surface area (Å²) in [5.41, 5.74) is 1.53. The Morgan fingerprint density at radius 2 is 1.34 bits per heavy atom. The van der Waals surface area contributed by atoms with Crippen molar-refractivity contribution in [3.63, 3.8) is 0 Å². The Labute approximate surface area is 178 Å². The first-order valence-corrected chi connectivity index (χ1v) is 11.4. The first-order chi connectivity index (χ1) is 14.1. The van der Waals surface area contributed by atoms with Gasteiger partial charge in [0.25, 0.3) is 0 Å². The normalized spacial score (nSPS) is 27.8. The monoisotopic (exact) mass is 410 g/mol. The molecule has 0 aliphatic carbocycles. The average molecular weight is 411 g/mol. The number of halogens is 1. The van der Waals surface area contributed by atoms with E-state index < -0.39 is 4.87 Å². The van der Waals surface area contributed by atoms with Crippen molar-refractivity contribution in [3.8, 4) is 0 Å². The maximum absolute atomic E-state index is 13.5. The summed E-state index contributed by atoms with van der Waals surface area (Å²) in [5, 5.41) is 0. The van der Waals surface area contributed by atoms with Crippen LogP contribution in [0.3, 0.4) is 0 Å². The third-order valence-corrected chi connectivity index (χ3v) is 8.25. The number of hydrogen-bond acceptors (Lipinski definition) is 2. The number of piperidine rings is 1. The van der Waals surface area contributed by atoms with Crippen molar-refractivity contribution in [1.82, 2.24) is 0 Å². The Bertz CT molecular complexity index is 807. The number of carbonyl (C=O) groups is 1. The molecular weight excluding hydrogens is 382 g/mol. The SMILES string of the molecule is O=C(OC1CC2CCC(C1)[N+]21CCCC1)C(Cl)(c1ccccc1)c1ccccc1. The number of quaternary nitrogens is 1. The summed E-state index contributed by atoms with van der Waals surface area (Å²) in [7, 11) is 0. The third-order valence-electron chi connectivity index (χ3n) is 7.65. The van der Waals surface area contributed by atoms with Crippen LogP contribution in [0.1, 0.15) is 49.7 Å². The van der Waals surface area contributed by atoms with Gasteiger partial charge in [0, 0.05) is 38.5 Å². The number of rotatable bonds is 4. The van der Waals surface area contributed by atoms with E-state index in [0.29, 0.717) is 12.1 Å². The standard InChI is InChI=1S/C25H29ClNO2/c26-25(19-9-3-1-4-10-19,20-11-5-2-6-12-20)24(28)29-23-17-21-13-14-22(18-23)27(21)15-7-8-16-27/h1-6,9-12,21-23H,7-8,13-18H2/q+1. The highest BCUT2D eigenvalue weighted by Gasteiger charge is 2.56. The van der Waals surface area contributed by atoms with Gasteiger partial charge in [-0.1, -0.05) is 72.3 Å². The largest absolute Gasteiger partial charge is 0.460 e. The molecule has 0 radical (unpaired) electrons. The molecule has 3 nitrogen and oxygen atoms in total. The second kappa shape index (κ2) is 7.45. The summed E-state index contributed by atoms with van der Waals surface area (Å²) in [6.07, 6.45) is 7.21. The van der Waals surface area contributed by atoms with Gasteiger partial charge in [-0.3, -0.25) is 0 Å². The Morgan fingerprint density at radius 1 is 0.862 bits per heavy atom. The van der Waals surface area contributed by atoms with Crippen molar-refractivity contribution >= 4 is 17.6 Å². The number of hydrogen-bond donors (Lipinski definition) is 0. The fourth-order valence-electron chi connectivity index (χ4n) is 6.28. The highest BCUT2D eigenvalue weighted by molar-refractivity contribution is 6.36. The molecule has 2 unspecified atom stereocenters. The fourth-order valence-corrected chi connectivity index (χ4v) is 6.57. The lowest BCUT2D eigenvalue weighted by atomic mass is 9.90. The zero-order valence-electron chi connectivity index (χ0n) is 16.8. The number of carbonyl (C=O) groups excluding carboxylic acids is 1. The second-order valence-electron chi connectivity index (χ2n) is 9.03. The van der Waals surface area contributed by atoms with E-state index in [2.05, 4.69) is 0 Å². The van der Waals surface area contributed by atoms with Gasteiger partial charge in [-0.05, 0) is 11.1 Å². The summed E-state index contributed by atoms with van der Waals surface area (Å²) in [6.45, 7) is 2.65. The van der Waals surface area contributed by atoms with Gasteiger partial charge in [-0.15, -0.1) is 0 Å². The van der Waals surface area contributed by atoms with Crippen LogP contribution in [0.5, 0.6) is 0 Å². The van der Waals surface area contributed by atoms with Crippen LogP contribution < -0.4 is 0 Å². The lowest BCUT2D eigenvalue weighted by molar-refractivity contribution is -0.956. The first-order valence-electron chi connectivity index (χ1n) is 11.0. The molecule has 2 bridgehead atoms. The van der Waals surface area contributed by atoms with Gasteiger partial charge in [0.1, 0.15) is 6.10 Å². The minimum absolute atomic E-state index is 0.0186. The number of ether oxygens (including phenoxy) is 1. The van der Waals surface area contributed by atoms with Crippen LogP contribution in [-0.4, -0.2) is 41.7 Å². The topological polar surface area (TPSA) is 26.3 Å². The van der Waals surface area contributed by atoms with Gasteiger partial charge in [0.05, 0.1) is 25.2 Å². The quantitative estimate of drug-likeness (QED) is 0.402. The van der Waals surface area contributed by atoms with E-state index in [1.165, 1.54) is 43.3 Å². The summed E-state index contributed by atoms with van der Waals surface area (Å²) in [4.78, 5) is 12.2. The molecule has 0 saturated carbocycles. The molecular formula is C25H29ClNO2+. The molecule has 3 aliphatic heterocycles. The predicted octanol–water partition coefficient (Wildman–Crippen LogP) is 5.02. The lowest BCUT2D eigenvalue weighted by Crippen LogP contribution is -2.60. The van der Waals surface area contributed by atoms with E-state index in [1.54, 1.807) is 0 Å². The Kier molecular flexibility index (Phi) is 4.92. The van der Waals surface area contributed by atoms with E-state index >= 15 is 0 Å². The van der Waals surface area contributed by atoms with E-state index in [1.807, 2.05) is 60.7 Å². The van der Waals surface area contributed by atoms with Gasteiger partial charge in [0.15, 0.2) is 4.87 Å². The number of alkyl halides is 1. The first kappa shape index (κ1) is 19.1. The van der Waals surface area contributed by atoms with Gasteiger partial charge < -0.3 is 9.22 Å². The molecule has 2 aromatic carbocycles. The molecule has 2 aromatic rings. The maximum atomic E-state index is 13.5. The van der Waals surface area contributed by atoms with Crippen LogP contribution in [-0.2, 0) is 14.4 Å². The van der Waals surface area contributed by atoms with Crippen LogP contribution in [0.4, 0.5) is 0 Å². The van der Waals surface area contributed by atoms with Gasteiger partial charge in [0.2, 0.25) is 0 Å². The minimum Gasteiger partial charge on any atom is -0.460 e. The number of benzene rings is 2. The minimum atomic E-state index is -1.31. The maximum Gasteiger partial charge on any atom is 0.336 e. The van der Waals surface area contributed by atoms with Crippen molar-refractivity contribution in [1.29, 1.82) is 0 Å². The molecule has 152 valence electrons. The van der Waals surface area contributed by atoms with E-state index in [0.717, 1.165) is 24.0 Å². The van der Waals surface area contributed by atoms with Crippen LogP contribution in [0.2, 0.25) is 0 Å². The molecule has 3 aliphatic rings. The fraction of sp³-hybridized carbons (Fsp3) is 0.480. The molecule has 0 N–H and O–H groups in total. The average Bonchev–Trinajstić information content (AvgIpc) is 3.31. The zero-order chi connectivity index (χ0) is 19.9. The van der Waals surface area contributed by atoms with E-state index in [-0.39, 0.29) is 12.1 Å². The van der Waals surface area contributed by atoms with Crippen molar-refractivity contribution in [2.75, 3.05) is 13.1 Å². The Morgan fingerprint density at radius 3 is 1.83 bits per heavy atom.